The number of hydrogen-bond donors (Lipinski definition) is 3. The highest BCUT2D eigenvalue weighted by atomic mass is 28.4. The molecule has 0 saturated heterocycles. The third kappa shape index (κ3) is 8.05. The number of benzene rings is 4. The third-order valence-electron chi connectivity index (χ3n) is 7.87. The summed E-state index contributed by atoms with van der Waals surface area (Å²) in [6.45, 7) is 11.9. The van der Waals surface area contributed by atoms with Crippen LogP contribution >= 0.6 is 0 Å². The zero-order valence-corrected chi connectivity index (χ0v) is 25.6. The van der Waals surface area contributed by atoms with Crippen molar-refractivity contribution >= 4 is 42.5 Å². The Hall–Kier alpha value is -3.94. The van der Waals surface area contributed by atoms with E-state index >= 15 is 0 Å². The smallest absolute Gasteiger partial charge is 0.409 e. The first-order valence-electron chi connectivity index (χ1n) is 14.1. The van der Waals surface area contributed by atoms with Gasteiger partial charge in [-0.3, -0.25) is 10.1 Å². The lowest BCUT2D eigenvalue weighted by Gasteiger charge is -2.36. The van der Waals surface area contributed by atoms with Crippen molar-refractivity contribution in [1.82, 2.24) is 0 Å². The van der Waals surface area contributed by atoms with E-state index in [9.17, 15) is 14.7 Å². The molecule has 0 aromatic heterocycles. The maximum Gasteiger partial charge on any atom is 0.409 e. The molecule has 0 atom stereocenters. The number of carboxylic acid groups (broad SMARTS) is 1. The summed E-state index contributed by atoms with van der Waals surface area (Å²) in [7, 11) is -1.81. The number of hydrogen-bond acceptors (Lipinski definition) is 3. The van der Waals surface area contributed by atoms with Gasteiger partial charge in [0.25, 0.3) is 0 Å². The molecule has 4 rings (SSSR count). The minimum Gasteiger partial charge on any atom is -0.465 e. The first-order chi connectivity index (χ1) is 19.4. The maximum atomic E-state index is 12.7. The Morgan fingerprint density at radius 3 is 2.22 bits per heavy atom. The molecule has 0 spiro atoms. The average molecular weight is 569 g/mol. The molecular weight excluding hydrogens is 528 g/mol. The predicted octanol–water partition coefficient (Wildman–Crippen LogP) is 9.08. The Labute approximate surface area is 243 Å². The molecule has 4 aromatic rings. The predicted molar refractivity (Wildman–Crippen MR) is 171 cm³/mol. The van der Waals surface area contributed by atoms with Crippen LogP contribution in [0.1, 0.15) is 44.7 Å². The Morgan fingerprint density at radius 1 is 0.829 bits per heavy atom. The molecule has 0 unspecified atom stereocenters. The highest BCUT2D eigenvalue weighted by molar-refractivity contribution is 6.74. The van der Waals surface area contributed by atoms with E-state index < -0.39 is 14.4 Å². The van der Waals surface area contributed by atoms with Crippen LogP contribution in [0.4, 0.5) is 16.2 Å². The molecule has 214 valence electrons. The number of carbonyl (C=O) groups is 2. The molecule has 0 radical (unpaired) electrons. The lowest BCUT2D eigenvalue weighted by atomic mass is 9.98. The molecule has 3 N–H and O–H groups in total. The van der Waals surface area contributed by atoms with Gasteiger partial charge < -0.3 is 14.8 Å². The van der Waals surface area contributed by atoms with Gasteiger partial charge in [-0.25, -0.2) is 4.79 Å². The van der Waals surface area contributed by atoms with E-state index in [1.807, 2.05) is 60.7 Å². The van der Waals surface area contributed by atoms with Crippen LogP contribution in [0.15, 0.2) is 84.9 Å². The SMILES string of the molecule is CC(C)(C)[Si](C)(C)OCc1ccc2cc(NC(=O)CCCc3ccc(NC(=O)O)c(-c4ccccc4)c3)ccc2c1. The van der Waals surface area contributed by atoms with Crippen LogP contribution in [-0.2, 0) is 22.2 Å². The van der Waals surface area contributed by atoms with Gasteiger partial charge in [-0.05, 0) is 88.8 Å². The van der Waals surface area contributed by atoms with E-state index in [0.717, 1.165) is 38.7 Å². The standard InChI is InChI=1S/C34H40N2O4Si/c1-34(2,3)41(4,5)40-23-25-14-16-28-22-29(18-17-27(28)20-25)35-32(37)13-9-10-24-15-19-31(36-33(38)39)30(21-24)26-11-7-6-8-12-26/h6-8,11-12,14-22,36H,9-10,13,23H2,1-5H3,(H,35,37)(H,38,39). The summed E-state index contributed by atoms with van der Waals surface area (Å²) in [6.07, 6.45) is 0.670. The molecule has 0 aliphatic heterocycles. The van der Waals surface area contributed by atoms with Crippen LogP contribution in [0, 0.1) is 0 Å². The monoisotopic (exact) mass is 568 g/mol. The quantitative estimate of drug-likeness (QED) is 0.167. The van der Waals surface area contributed by atoms with E-state index in [2.05, 4.69) is 62.7 Å². The first kappa shape index (κ1) is 30.0. The van der Waals surface area contributed by atoms with Gasteiger partial charge >= 0.3 is 6.09 Å². The zero-order valence-electron chi connectivity index (χ0n) is 24.6. The molecule has 0 aliphatic carbocycles. The van der Waals surface area contributed by atoms with Crippen LogP contribution in [0.25, 0.3) is 21.9 Å². The van der Waals surface area contributed by atoms with Gasteiger partial charge in [-0.1, -0.05) is 75.4 Å². The molecule has 0 heterocycles. The van der Waals surface area contributed by atoms with Crippen LogP contribution < -0.4 is 10.6 Å². The minimum absolute atomic E-state index is 0.0313. The summed E-state index contributed by atoms with van der Waals surface area (Å²) in [5, 5.41) is 17.1. The Bertz CT molecular complexity index is 1530. The van der Waals surface area contributed by atoms with Crippen molar-refractivity contribution in [2.75, 3.05) is 10.6 Å². The maximum absolute atomic E-state index is 12.7. The fraction of sp³-hybridized carbons (Fsp3) is 0.294. The average Bonchev–Trinajstić information content (AvgIpc) is 2.92. The number of carbonyl (C=O) groups excluding carboxylic acids is 1. The highest BCUT2D eigenvalue weighted by Crippen LogP contribution is 2.37. The minimum atomic E-state index is -1.81. The molecule has 7 heteroatoms. The third-order valence-corrected chi connectivity index (χ3v) is 12.4. The molecular formula is C34H40N2O4Si. The summed E-state index contributed by atoms with van der Waals surface area (Å²) >= 11 is 0. The van der Waals surface area contributed by atoms with Crippen molar-refractivity contribution < 1.29 is 19.1 Å². The molecule has 4 aromatic carbocycles. The molecule has 6 nitrogen and oxygen atoms in total. The summed E-state index contributed by atoms with van der Waals surface area (Å²) in [5.74, 6) is -0.0313. The van der Waals surface area contributed by atoms with Crippen molar-refractivity contribution in [3.8, 4) is 11.1 Å². The highest BCUT2D eigenvalue weighted by Gasteiger charge is 2.37. The largest absolute Gasteiger partial charge is 0.465 e. The van der Waals surface area contributed by atoms with Crippen molar-refractivity contribution in [3.63, 3.8) is 0 Å². The van der Waals surface area contributed by atoms with Crippen LogP contribution in [0.3, 0.4) is 0 Å². The van der Waals surface area contributed by atoms with Crippen molar-refractivity contribution in [2.24, 2.45) is 0 Å². The van der Waals surface area contributed by atoms with Crippen molar-refractivity contribution in [2.45, 2.75) is 64.8 Å². The summed E-state index contributed by atoms with van der Waals surface area (Å²) in [4.78, 5) is 24.0. The van der Waals surface area contributed by atoms with Gasteiger partial charge in [-0.15, -0.1) is 0 Å². The number of amides is 2. The number of fused-ring (bicyclic) bond motifs is 1. The lowest BCUT2D eigenvalue weighted by molar-refractivity contribution is -0.116. The number of nitrogens with one attached hydrogen (secondary N) is 2. The van der Waals surface area contributed by atoms with E-state index in [4.69, 9.17) is 4.43 Å². The second kappa shape index (κ2) is 12.7. The van der Waals surface area contributed by atoms with Crippen molar-refractivity contribution in [1.29, 1.82) is 0 Å². The van der Waals surface area contributed by atoms with Gasteiger partial charge in [0.15, 0.2) is 8.32 Å². The van der Waals surface area contributed by atoms with Crippen molar-refractivity contribution in [3.05, 3.63) is 96.1 Å². The van der Waals surface area contributed by atoms with Gasteiger partial charge in [0.05, 0.1) is 12.3 Å². The van der Waals surface area contributed by atoms with Crippen LogP contribution in [0.5, 0.6) is 0 Å². The Balaban J connectivity index is 1.34. The van der Waals surface area contributed by atoms with Crippen LogP contribution in [-0.4, -0.2) is 25.4 Å². The lowest BCUT2D eigenvalue weighted by Crippen LogP contribution is -2.40. The Kier molecular flexibility index (Phi) is 9.30. The molecule has 0 saturated carbocycles. The van der Waals surface area contributed by atoms with Gasteiger partial charge in [0, 0.05) is 17.7 Å². The normalized spacial score (nSPS) is 11.8. The fourth-order valence-corrected chi connectivity index (χ4v) is 5.41. The topological polar surface area (TPSA) is 87.7 Å². The first-order valence-corrected chi connectivity index (χ1v) is 17.0. The van der Waals surface area contributed by atoms with E-state index in [1.54, 1.807) is 6.07 Å². The van der Waals surface area contributed by atoms with E-state index in [-0.39, 0.29) is 10.9 Å². The second-order valence-electron chi connectivity index (χ2n) is 12.0. The summed E-state index contributed by atoms with van der Waals surface area (Å²) in [5.41, 5.74) is 5.27. The molecule has 2 amide bonds. The second-order valence-corrected chi connectivity index (χ2v) is 16.8. The Morgan fingerprint density at radius 2 is 1.51 bits per heavy atom. The van der Waals surface area contributed by atoms with Gasteiger partial charge in [0.2, 0.25) is 5.91 Å². The summed E-state index contributed by atoms with van der Waals surface area (Å²) < 4.78 is 6.38. The molecule has 41 heavy (non-hydrogen) atoms. The van der Waals surface area contributed by atoms with Gasteiger partial charge in [0.1, 0.15) is 0 Å². The number of aryl methyl sites for hydroxylation is 1. The van der Waals surface area contributed by atoms with Gasteiger partial charge in [-0.2, -0.15) is 0 Å². The molecule has 0 bridgehead atoms. The fourth-order valence-electron chi connectivity index (χ4n) is 4.45. The van der Waals surface area contributed by atoms with E-state index in [0.29, 0.717) is 31.6 Å². The van der Waals surface area contributed by atoms with E-state index in [1.165, 1.54) is 0 Å². The molecule has 0 aliphatic rings. The zero-order chi connectivity index (χ0) is 29.6. The number of rotatable bonds is 10. The number of anilines is 2. The summed E-state index contributed by atoms with van der Waals surface area (Å²) in [6, 6.07) is 27.7. The molecule has 0 fully saturated rings. The van der Waals surface area contributed by atoms with Crippen LogP contribution in [0.2, 0.25) is 18.1 Å².